The van der Waals surface area contributed by atoms with Crippen LogP contribution in [0.25, 0.3) is 16.0 Å². The number of nitrogens with zero attached hydrogens (tertiary/aromatic N) is 2. The number of halogens is 3. The summed E-state index contributed by atoms with van der Waals surface area (Å²) in [5.41, 5.74) is 0.0304. The minimum Gasteiger partial charge on any atom is -0.457 e. The van der Waals surface area contributed by atoms with E-state index < -0.39 is 24.1 Å². The van der Waals surface area contributed by atoms with Gasteiger partial charge in [0.25, 0.3) is 5.82 Å². The van der Waals surface area contributed by atoms with E-state index in [1.807, 2.05) is 0 Å². The normalized spacial score (nSPS) is 10.4. The molecule has 0 fully saturated rings. The van der Waals surface area contributed by atoms with Crippen molar-refractivity contribution in [3.63, 3.8) is 0 Å². The molecule has 0 atom stereocenters. The Kier molecular flexibility index (Phi) is 6.09. The Morgan fingerprint density at radius 3 is 2.59 bits per heavy atom. The van der Waals surface area contributed by atoms with Crippen LogP contribution in [-0.4, -0.2) is 17.6 Å². The van der Waals surface area contributed by atoms with Crippen molar-refractivity contribution in [3.05, 3.63) is 89.2 Å². The minimum atomic E-state index is -3.20. The molecule has 0 aliphatic rings. The maximum atomic E-state index is 14.5. The molecule has 1 heterocycles. The van der Waals surface area contributed by atoms with Crippen LogP contribution in [0.3, 0.4) is 0 Å². The predicted molar refractivity (Wildman–Crippen MR) is 98.1 cm³/mol. The third-order valence-corrected chi connectivity index (χ3v) is 3.90. The molecule has 0 radical (unpaired) electrons. The van der Waals surface area contributed by atoms with Crippen LogP contribution in [0.15, 0.2) is 60.8 Å². The Morgan fingerprint density at radius 2 is 1.90 bits per heavy atom. The van der Waals surface area contributed by atoms with Crippen molar-refractivity contribution in [2.24, 2.45) is 0 Å². The van der Waals surface area contributed by atoms with Gasteiger partial charge in [-0.2, -0.15) is 8.78 Å². The van der Waals surface area contributed by atoms with Gasteiger partial charge in [0, 0.05) is 0 Å². The molecule has 3 rings (SSSR count). The fourth-order valence-electron chi connectivity index (χ4n) is 2.64. The maximum Gasteiger partial charge on any atom is 0.387 e. The van der Waals surface area contributed by atoms with Crippen LogP contribution in [0.5, 0.6) is 5.75 Å². The molecule has 29 heavy (non-hydrogen) atoms. The molecule has 0 bridgehead atoms. The number of ether oxygens (including phenoxy) is 2. The Labute approximate surface area is 164 Å². The topological polar surface area (TPSA) is 52.8 Å². The van der Waals surface area contributed by atoms with Gasteiger partial charge in [-0.3, -0.25) is 0 Å². The van der Waals surface area contributed by atoms with E-state index in [9.17, 15) is 18.0 Å². The Balaban J connectivity index is 2.03. The van der Waals surface area contributed by atoms with Gasteiger partial charge in [-0.25, -0.2) is 9.18 Å². The van der Waals surface area contributed by atoms with Gasteiger partial charge >= 0.3 is 12.6 Å². The first-order chi connectivity index (χ1) is 14.0. The maximum absolute atomic E-state index is 14.5. The van der Waals surface area contributed by atoms with Gasteiger partial charge in [-0.1, -0.05) is 43.0 Å². The Bertz CT molecular complexity index is 1070. The number of hydrogen-bond donors (Lipinski definition) is 0. The standard InChI is InChI=1S/C21H13F3N2O3/c1-25-18-10-14(19-16(22)8-5-9-17(19)29-21(23)24)15(11-26-18)20(27)28-12-13-6-3-2-4-7-13/h2-11,21H,12H2. The van der Waals surface area contributed by atoms with Crippen LogP contribution >= 0.6 is 0 Å². The van der Waals surface area contributed by atoms with Crippen LogP contribution in [0.1, 0.15) is 15.9 Å². The van der Waals surface area contributed by atoms with Crippen LogP contribution in [0, 0.1) is 12.4 Å². The second-order valence-electron chi connectivity index (χ2n) is 5.75. The van der Waals surface area contributed by atoms with Crippen LogP contribution in [0.2, 0.25) is 0 Å². The first-order valence-corrected chi connectivity index (χ1v) is 8.32. The molecular formula is C21H13F3N2O3. The number of hydrogen-bond acceptors (Lipinski definition) is 4. The fourth-order valence-corrected chi connectivity index (χ4v) is 2.64. The van der Waals surface area contributed by atoms with Crippen molar-refractivity contribution in [2.75, 3.05) is 0 Å². The molecule has 8 heteroatoms. The number of esters is 1. The molecule has 3 aromatic rings. The Hall–Kier alpha value is -3.86. The van der Waals surface area contributed by atoms with Gasteiger partial charge in [0.1, 0.15) is 29.9 Å². The first kappa shape index (κ1) is 19.9. The van der Waals surface area contributed by atoms with Crippen molar-refractivity contribution in [3.8, 4) is 16.9 Å². The monoisotopic (exact) mass is 398 g/mol. The summed E-state index contributed by atoms with van der Waals surface area (Å²) in [5.74, 6) is -2.37. The summed E-state index contributed by atoms with van der Waals surface area (Å²) >= 11 is 0. The molecule has 2 aromatic carbocycles. The van der Waals surface area contributed by atoms with E-state index in [4.69, 9.17) is 11.3 Å². The van der Waals surface area contributed by atoms with Gasteiger partial charge in [0.15, 0.2) is 0 Å². The molecule has 0 aliphatic heterocycles. The molecule has 0 aliphatic carbocycles. The molecule has 146 valence electrons. The van der Waals surface area contributed by atoms with E-state index in [2.05, 4.69) is 14.6 Å². The predicted octanol–water partition coefficient (Wildman–Crippen LogP) is 5.40. The van der Waals surface area contributed by atoms with Crippen molar-refractivity contribution < 1.29 is 27.4 Å². The number of pyridine rings is 1. The lowest BCUT2D eigenvalue weighted by atomic mass is 9.99. The van der Waals surface area contributed by atoms with Crippen molar-refractivity contribution in [2.45, 2.75) is 13.2 Å². The summed E-state index contributed by atoms with van der Waals surface area (Å²) in [6.07, 6.45) is 1.05. The summed E-state index contributed by atoms with van der Waals surface area (Å²) in [5, 5.41) is 0. The average Bonchev–Trinajstić information content (AvgIpc) is 2.72. The molecule has 1 aromatic heterocycles. The largest absolute Gasteiger partial charge is 0.457 e. The number of aromatic nitrogens is 1. The zero-order valence-electron chi connectivity index (χ0n) is 14.8. The van der Waals surface area contributed by atoms with Crippen LogP contribution in [-0.2, 0) is 11.3 Å². The van der Waals surface area contributed by atoms with Gasteiger partial charge < -0.3 is 14.3 Å². The number of benzene rings is 2. The van der Waals surface area contributed by atoms with Gasteiger partial charge in [0.05, 0.1) is 5.56 Å². The zero-order valence-corrected chi connectivity index (χ0v) is 14.8. The molecular weight excluding hydrogens is 385 g/mol. The van der Waals surface area contributed by atoms with Crippen molar-refractivity contribution in [1.29, 1.82) is 0 Å². The lowest BCUT2D eigenvalue weighted by molar-refractivity contribution is -0.0495. The highest BCUT2D eigenvalue weighted by Crippen LogP contribution is 2.37. The minimum absolute atomic E-state index is 0.0542. The molecule has 0 N–H and O–H groups in total. The molecule has 0 unspecified atom stereocenters. The summed E-state index contributed by atoms with van der Waals surface area (Å²) in [6.45, 7) is 3.84. The van der Waals surface area contributed by atoms with E-state index in [0.717, 1.165) is 30.0 Å². The first-order valence-electron chi connectivity index (χ1n) is 8.32. The molecule has 5 nitrogen and oxygen atoms in total. The summed E-state index contributed by atoms with van der Waals surface area (Å²) in [7, 11) is 0. The Morgan fingerprint density at radius 1 is 1.14 bits per heavy atom. The van der Waals surface area contributed by atoms with Crippen molar-refractivity contribution in [1.82, 2.24) is 4.98 Å². The lowest BCUT2D eigenvalue weighted by Crippen LogP contribution is -2.09. The smallest absolute Gasteiger partial charge is 0.387 e. The average molecular weight is 398 g/mol. The molecule has 0 saturated carbocycles. The van der Waals surface area contributed by atoms with E-state index >= 15 is 0 Å². The highest BCUT2D eigenvalue weighted by atomic mass is 19.3. The summed E-state index contributed by atoms with van der Waals surface area (Å²) in [6, 6.07) is 13.3. The fraction of sp³-hybridized carbons (Fsp3) is 0.0952. The second-order valence-corrected chi connectivity index (χ2v) is 5.75. The quantitative estimate of drug-likeness (QED) is 0.412. The van der Waals surface area contributed by atoms with Crippen molar-refractivity contribution >= 4 is 11.8 Å². The van der Waals surface area contributed by atoms with E-state index in [0.29, 0.717) is 0 Å². The molecule has 0 amide bonds. The SMILES string of the molecule is [C-]#[N+]c1cc(-c2c(F)cccc2OC(F)F)c(C(=O)OCc2ccccc2)cn1. The highest BCUT2D eigenvalue weighted by Gasteiger charge is 2.24. The number of carbonyl (C=O) groups excluding carboxylic acids is 1. The van der Waals surface area contributed by atoms with Gasteiger partial charge in [-0.05, 0) is 29.3 Å². The van der Waals surface area contributed by atoms with E-state index in [1.54, 1.807) is 30.3 Å². The second kappa shape index (κ2) is 8.89. The summed E-state index contributed by atoms with van der Waals surface area (Å²) < 4.78 is 49.7. The van der Waals surface area contributed by atoms with E-state index in [1.165, 1.54) is 6.07 Å². The number of alkyl halides is 2. The highest BCUT2D eigenvalue weighted by molar-refractivity contribution is 5.98. The third kappa shape index (κ3) is 4.71. The van der Waals surface area contributed by atoms with Crippen LogP contribution in [0.4, 0.5) is 19.0 Å². The van der Waals surface area contributed by atoms with Gasteiger partial charge in [0.2, 0.25) is 0 Å². The molecule has 0 saturated heterocycles. The summed E-state index contributed by atoms with van der Waals surface area (Å²) in [4.78, 5) is 19.6. The zero-order chi connectivity index (χ0) is 20.8. The number of rotatable bonds is 6. The van der Waals surface area contributed by atoms with E-state index in [-0.39, 0.29) is 29.1 Å². The lowest BCUT2D eigenvalue weighted by Gasteiger charge is -2.14. The van der Waals surface area contributed by atoms with Crippen LogP contribution < -0.4 is 4.74 Å². The molecule has 0 spiro atoms. The van der Waals surface area contributed by atoms with Gasteiger partial charge in [-0.15, -0.1) is 4.98 Å². The third-order valence-electron chi connectivity index (χ3n) is 3.90. The number of carbonyl (C=O) groups is 1.